The molecule has 2 nitrogen and oxygen atoms in total. The molecule has 1 aromatic heterocycles. The van der Waals surface area contributed by atoms with Crippen LogP contribution in [0.3, 0.4) is 0 Å². The molecule has 0 spiro atoms. The zero-order valence-electron chi connectivity index (χ0n) is 10.00. The van der Waals surface area contributed by atoms with Gasteiger partial charge < -0.3 is 4.90 Å². The molecule has 0 saturated heterocycles. The number of nitrogens with zero attached hydrogens (tertiary/aromatic N) is 1. The Morgan fingerprint density at radius 1 is 1.62 bits per heavy atom. The normalized spacial score (nSPS) is 12.5. The first kappa shape index (κ1) is 13.7. The van der Waals surface area contributed by atoms with Gasteiger partial charge >= 0.3 is 0 Å². The van der Waals surface area contributed by atoms with Crippen molar-refractivity contribution < 1.29 is 4.79 Å². The Morgan fingerprint density at radius 2 is 2.31 bits per heavy atom. The van der Waals surface area contributed by atoms with Crippen molar-refractivity contribution in [2.24, 2.45) is 0 Å². The van der Waals surface area contributed by atoms with Crippen LogP contribution in [0.4, 0.5) is 0 Å². The van der Waals surface area contributed by atoms with Crippen LogP contribution < -0.4 is 0 Å². The van der Waals surface area contributed by atoms with E-state index in [1.165, 1.54) is 0 Å². The maximum atomic E-state index is 12.1. The molecule has 1 unspecified atom stereocenters. The Labute approximate surface area is 110 Å². The fraction of sp³-hybridized carbons (Fsp3) is 0.583. The van der Waals surface area contributed by atoms with Crippen molar-refractivity contribution in [3.63, 3.8) is 0 Å². The van der Waals surface area contributed by atoms with Crippen molar-refractivity contribution in [1.82, 2.24) is 4.90 Å². The summed E-state index contributed by atoms with van der Waals surface area (Å²) < 4.78 is 0. The lowest BCUT2D eigenvalue weighted by molar-refractivity contribution is 0.0798. The number of carbonyl (C=O) groups is 1. The fourth-order valence-corrected chi connectivity index (χ4v) is 2.64. The molecule has 0 aliphatic carbocycles. The van der Waals surface area contributed by atoms with E-state index in [0.29, 0.717) is 4.83 Å². The monoisotopic (exact) mass is 303 g/mol. The highest BCUT2D eigenvalue weighted by Gasteiger charge is 2.16. The SMILES string of the molecule is CCc1ccsc1C(=O)N(C)CCC(C)Br. The van der Waals surface area contributed by atoms with Crippen LogP contribution in [-0.4, -0.2) is 29.2 Å². The average molecular weight is 304 g/mol. The molecule has 1 heterocycles. The summed E-state index contributed by atoms with van der Waals surface area (Å²) in [5.74, 6) is 0.153. The summed E-state index contributed by atoms with van der Waals surface area (Å²) in [6.45, 7) is 4.98. The third-order valence-electron chi connectivity index (χ3n) is 2.53. The zero-order chi connectivity index (χ0) is 12.1. The van der Waals surface area contributed by atoms with E-state index < -0.39 is 0 Å². The molecule has 1 rings (SSSR count). The molecular formula is C12H18BrNOS. The topological polar surface area (TPSA) is 20.3 Å². The summed E-state index contributed by atoms with van der Waals surface area (Å²) in [6.07, 6.45) is 1.91. The third-order valence-corrected chi connectivity index (χ3v) is 3.93. The van der Waals surface area contributed by atoms with E-state index in [4.69, 9.17) is 0 Å². The predicted molar refractivity (Wildman–Crippen MR) is 73.7 cm³/mol. The second-order valence-corrected chi connectivity index (χ2v) is 6.40. The van der Waals surface area contributed by atoms with Gasteiger partial charge in [-0.2, -0.15) is 0 Å². The molecule has 1 atom stereocenters. The molecule has 0 aliphatic heterocycles. The largest absolute Gasteiger partial charge is 0.341 e. The Kier molecular flexibility index (Phi) is 5.49. The van der Waals surface area contributed by atoms with Gasteiger partial charge in [-0.25, -0.2) is 0 Å². The molecule has 0 fully saturated rings. The van der Waals surface area contributed by atoms with Crippen molar-refractivity contribution in [2.45, 2.75) is 31.5 Å². The molecule has 0 aromatic carbocycles. The number of rotatable bonds is 5. The van der Waals surface area contributed by atoms with Gasteiger partial charge in [-0.15, -0.1) is 11.3 Å². The number of carbonyl (C=O) groups excluding carboxylic acids is 1. The lowest BCUT2D eigenvalue weighted by atomic mass is 10.2. The number of alkyl halides is 1. The predicted octanol–water partition coefficient (Wildman–Crippen LogP) is 3.56. The van der Waals surface area contributed by atoms with Gasteiger partial charge in [0.15, 0.2) is 0 Å². The molecule has 1 aromatic rings. The van der Waals surface area contributed by atoms with Crippen LogP contribution in [0.15, 0.2) is 11.4 Å². The lowest BCUT2D eigenvalue weighted by Gasteiger charge is -2.17. The summed E-state index contributed by atoms with van der Waals surface area (Å²) in [6, 6.07) is 2.04. The Hall–Kier alpha value is -0.350. The van der Waals surface area contributed by atoms with Crippen molar-refractivity contribution in [1.29, 1.82) is 0 Å². The molecule has 16 heavy (non-hydrogen) atoms. The first-order valence-electron chi connectivity index (χ1n) is 5.52. The van der Waals surface area contributed by atoms with Crippen LogP contribution in [0.25, 0.3) is 0 Å². The van der Waals surface area contributed by atoms with Gasteiger partial charge in [0.1, 0.15) is 0 Å². The molecule has 0 radical (unpaired) electrons. The second kappa shape index (κ2) is 6.40. The summed E-state index contributed by atoms with van der Waals surface area (Å²) in [7, 11) is 1.87. The number of amides is 1. The van der Waals surface area contributed by atoms with Crippen molar-refractivity contribution >= 4 is 33.2 Å². The lowest BCUT2D eigenvalue weighted by Crippen LogP contribution is -2.28. The van der Waals surface area contributed by atoms with E-state index in [0.717, 1.165) is 29.8 Å². The smallest absolute Gasteiger partial charge is 0.263 e. The van der Waals surface area contributed by atoms with Crippen LogP contribution >= 0.6 is 27.3 Å². The van der Waals surface area contributed by atoms with Crippen LogP contribution in [-0.2, 0) is 6.42 Å². The van der Waals surface area contributed by atoms with E-state index in [1.54, 1.807) is 11.3 Å². The van der Waals surface area contributed by atoms with Gasteiger partial charge in [0.25, 0.3) is 5.91 Å². The van der Waals surface area contributed by atoms with Gasteiger partial charge in [0.05, 0.1) is 4.88 Å². The number of thiophene rings is 1. The van der Waals surface area contributed by atoms with E-state index in [2.05, 4.69) is 29.8 Å². The third kappa shape index (κ3) is 3.59. The number of aryl methyl sites for hydroxylation is 1. The molecular weight excluding hydrogens is 286 g/mol. The quantitative estimate of drug-likeness (QED) is 0.762. The first-order chi connectivity index (χ1) is 7.56. The number of hydrogen-bond donors (Lipinski definition) is 0. The summed E-state index contributed by atoms with van der Waals surface area (Å²) in [4.78, 5) is 15.3. The molecule has 0 aliphatic rings. The highest BCUT2D eigenvalue weighted by Crippen LogP contribution is 2.19. The fourth-order valence-electron chi connectivity index (χ4n) is 1.45. The van der Waals surface area contributed by atoms with Crippen LogP contribution in [0.5, 0.6) is 0 Å². The summed E-state index contributed by atoms with van der Waals surface area (Å²) in [5, 5.41) is 1.99. The Balaban J connectivity index is 2.63. The molecule has 4 heteroatoms. The average Bonchev–Trinajstić information content (AvgIpc) is 2.72. The highest BCUT2D eigenvalue weighted by atomic mass is 79.9. The molecule has 0 N–H and O–H groups in total. The minimum absolute atomic E-state index is 0.153. The minimum Gasteiger partial charge on any atom is -0.341 e. The highest BCUT2D eigenvalue weighted by molar-refractivity contribution is 9.09. The minimum atomic E-state index is 0.153. The van der Waals surface area contributed by atoms with E-state index >= 15 is 0 Å². The first-order valence-corrected chi connectivity index (χ1v) is 7.31. The number of halogens is 1. The molecule has 1 amide bonds. The van der Waals surface area contributed by atoms with Gasteiger partial charge in [0, 0.05) is 18.4 Å². The maximum absolute atomic E-state index is 12.1. The van der Waals surface area contributed by atoms with E-state index in [1.807, 2.05) is 23.4 Å². The Bertz CT molecular complexity index is 349. The molecule has 90 valence electrons. The van der Waals surface area contributed by atoms with Crippen molar-refractivity contribution in [3.05, 3.63) is 21.9 Å². The Morgan fingerprint density at radius 3 is 2.88 bits per heavy atom. The number of hydrogen-bond acceptors (Lipinski definition) is 2. The van der Waals surface area contributed by atoms with Crippen molar-refractivity contribution in [2.75, 3.05) is 13.6 Å². The molecule has 0 saturated carbocycles. The summed E-state index contributed by atoms with van der Waals surface area (Å²) in [5.41, 5.74) is 1.16. The van der Waals surface area contributed by atoms with Gasteiger partial charge in [-0.05, 0) is 29.9 Å². The van der Waals surface area contributed by atoms with Crippen molar-refractivity contribution in [3.8, 4) is 0 Å². The second-order valence-electron chi connectivity index (χ2n) is 3.92. The van der Waals surface area contributed by atoms with Crippen LogP contribution in [0.2, 0.25) is 0 Å². The van der Waals surface area contributed by atoms with E-state index in [-0.39, 0.29) is 5.91 Å². The van der Waals surface area contributed by atoms with Gasteiger partial charge in [0.2, 0.25) is 0 Å². The van der Waals surface area contributed by atoms with Gasteiger partial charge in [-0.1, -0.05) is 29.8 Å². The zero-order valence-corrected chi connectivity index (χ0v) is 12.4. The van der Waals surface area contributed by atoms with Crippen LogP contribution in [0, 0.1) is 0 Å². The van der Waals surface area contributed by atoms with Crippen LogP contribution in [0.1, 0.15) is 35.5 Å². The maximum Gasteiger partial charge on any atom is 0.263 e. The summed E-state index contributed by atoms with van der Waals surface area (Å²) >= 11 is 5.04. The van der Waals surface area contributed by atoms with E-state index in [9.17, 15) is 4.79 Å². The van der Waals surface area contributed by atoms with Gasteiger partial charge in [-0.3, -0.25) is 4.79 Å². The molecule has 0 bridgehead atoms. The standard InChI is InChI=1S/C12H18BrNOS/c1-4-10-6-8-16-11(10)12(15)14(3)7-5-9(2)13/h6,8-9H,4-5,7H2,1-3H3.